The molecule has 0 saturated heterocycles. The first kappa shape index (κ1) is 15.2. The number of thioether (sulfide) groups is 1. The van der Waals surface area contributed by atoms with E-state index in [1.54, 1.807) is 18.9 Å². The highest BCUT2D eigenvalue weighted by Gasteiger charge is 2.09. The zero-order valence-corrected chi connectivity index (χ0v) is 13.1. The van der Waals surface area contributed by atoms with Crippen molar-refractivity contribution in [3.63, 3.8) is 0 Å². The third-order valence-electron chi connectivity index (χ3n) is 2.29. The molecule has 1 N–H and O–H groups in total. The van der Waals surface area contributed by atoms with Crippen molar-refractivity contribution in [2.24, 2.45) is 0 Å². The summed E-state index contributed by atoms with van der Waals surface area (Å²) < 4.78 is 11.0. The Morgan fingerprint density at radius 1 is 1.40 bits per heavy atom. The Labute approximate surface area is 125 Å². The van der Waals surface area contributed by atoms with Gasteiger partial charge in [0.15, 0.2) is 10.2 Å². The molecular weight excluding hydrogens is 298 g/mol. The summed E-state index contributed by atoms with van der Waals surface area (Å²) in [6, 6.07) is 0. The first-order chi connectivity index (χ1) is 9.81. The van der Waals surface area contributed by atoms with E-state index in [1.807, 2.05) is 0 Å². The Bertz CT molecular complexity index is 516. The molecule has 0 unspecified atom stereocenters. The van der Waals surface area contributed by atoms with Crippen molar-refractivity contribution in [1.82, 2.24) is 20.3 Å². The monoisotopic (exact) mass is 315 g/mol. The second-order valence-corrected chi connectivity index (χ2v) is 6.14. The average Bonchev–Trinajstić information content (AvgIpc) is 3.07. The fourth-order valence-corrected chi connectivity index (χ4v) is 3.01. The molecule has 0 aromatic carbocycles. The van der Waals surface area contributed by atoms with Gasteiger partial charge in [-0.05, 0) is 6.42 Å². The van der Waals surface area contributed by atoms with Gasteiger partial charge in [0.2, 0.25) is 11.0 Å². The van der Waals surface area contributed by atoms with Gasteiger partial charge in [0.25, 0.3) is 0 Å². The van der Waals surface area contributed by atoms with Gasteiger partial charge in [-0.15, -0.1) is 10.2 Å². The predicted molar refractivity (Wildman–Crippen MR) is 78.1 cm³/mol. The number of nitrogens with one attached hydrogen (secondary N) is 1. The van der Waals surface area contributed by atoms with E-state index in [1.165, 1.54) is 11.3 Å². The fraction of sp³-hybridized carbons (Fsp3) is 0.636. The minimum absolute atomic E-state index is 0.615. The van der Waals surface area contributed by atoms with E-state index in [-0.39, 0.29) is 0 Å². The summed E-state index contributed by atoms with van der Waals surface area (Å²) in [6.45, 7) is 3.45. The van der Waals surface area contributed by atoms with E-state index in [9.17, 15) is 0 Å². The fourth-order valence-electron chi connectivity index (χ4n) is 1.40. The molecule has 9 heteroatoms. The smallest absolute Gasteiger partial charge is 0.237 e. The highest BCUT2D eigenvalue weighted by atomic mass is 32.2. The van der Waals surface area contributed by atoms with Crippen LogP contribution in [0, 0.1) is 0 Å². The summed E-state index contributed by atoms with van der Waals surface area (Å²) in [5.74, 6) is 2.01. The molecule has 0 atom stereocenters. The molecule has 7 nitrogen and oxygen atoms in total. The maximum absolute atomic E-state index is 5.17. The molecule has 0 fully saturated rings. The molecule has 0 aliphatic carbocycles. The minimum Gasteiger partial charge on any atom is -0.383 e. The number of nitrogens with zero attached hydrogens (tertiary/aromatic N) is 4. The van der Waals surface area contributed by atoms with Crippen LogP contribution < -0.4 is 5.32 Å². The van der Waals surface area contributed by atoms with Crippen LogP contribution in [0.4, 0.5) is 5.13 Å². The number of rotatable bonds is 9. The molecule has 0 aliphatic heterocycles. The molecule has 0 amide bonds. The molecule has 2 heterocycles. The van der Waals surface area contributed by atoms with Gasteiger partial charge in [-0.1, -0.05) is 35.2 Å². The molecule has 2 aromatic rings. The van der Waals surface area contributed by atoms with Crippen molar-refractivity contribution in [2.45, 2.75) is 29.9 Å². The highest BCUT2D eigenvalue weighted by Crippen LogP contribution is 2.27. The van der Waals surface area contributed by atoms with Crippen LogP contribution in [-0.2, 0) is 16.9 Å². The van der Waals surface area contributed by atoms with Crippen molar-refractivity contribution in [1.29, 1.82) is 0 Å². The average molecular weight is 315 g/mol. The quantitative estimate of drug-likeness (QED) is 0.557. The van der Waals surface area contributed by atoms with Gasteiger partial charge in [-0.2, -0.15) is 4.98 Å². The molecule has 20 heavy (non-hydrogen) atoms. The van der Waals surface area contributed by atoms with Crippen LogP contribution in [0.1, 0.15) is 25.1 Å². The van der Waals surface area contributed by atoms with E-state index < -0.39 is 0 Å². The minimum atomic E-state index is 0.615. The zero-order chi connectivity index (χ0) is 14.2. The van der Waals surface area contributed by atoms with Crippen LogP contribution in [0.15, 0.2) is 8.86 Å². The molecular formula is C11H17N5O2S2. The lowest BCUT2D eigenvalue weighted by atomic mass is 10.3. The number of aromatic nitrogens is 4. The van der Waals surface area contributed by atoms with E-state index in [0.29, 0.717) is 18.3 Å². The number of hydrogen-bond acceptors (Lipinski definition) is 9. The number of aryl methyl sites for hydroxylation is 1. The molecule has 2 rings (SSSR count). The van der Waals surface area contributed by atoms with Gasteiger partial charge in [-0.25, -0.2) is 0 Å². The maximum Gasteiger partial charge on any atom is 0.237 e. The predicted octanol–water partition coefficient (Wildman–Crippen LogP) is 2.22. The Hall–Kier alpha value is -1.19. The molecule has 0 radical (unpaired) electrons. The second-order valence-electron chi connectivity index (χ2n) is 3.94. The molecule has 0 aliphatic rings. The van der Waals surface area contributed by atoms with Crippen molar-refractivity contribution < 1.29 is 9.26 Å². The summed E-state index contributed by atoms with van der Waals surface area (Å²) in [6.07, 6.45) is 1.86. The van der Waals surface area contributed by atoms with Gasteiger partial charge < -0.3 is 14.6 Å². The lowest BCUT2D eigenvalue weighted by Gasteiger charge is -1.98. The summed E-state index contributed by atoms with van der Waals surface area (Å²) >= 11 is 3.05. The number of hydrogen-bond donors (Lipinski definition) is 1. The SMILES string of the molecule is CCCc1noc(CSc2nnc(NCCOC)s2)n1. The van der Waals surface area contributed by atoms with E-state index in [2.05, 4.69) is 32.6 Å². The van der Waals surface area contributed by atoms with Crippen LogP contribution in [0.5, 0.6) is 0 Å². The van der Waals surface area contributed by atoms with Gasteiger partial charge in [-0.3, -0.25) is 0 Å². The number of anilines is 1. The van der Waals surface area contributed by atoms with Crippen molar-refractivity contribution in [2.75, 3.05) is 25.6 Å². The van der Waals surface area contributed by atoms with Crippen molar-refractivity contribution >= 4 is 28.2 Å². The first-order valence-electron chi connectivity index (χ1n) is 6.32. The third kappa shape index (κ3) is 4.73. The van der Waals surface area contributed by atoms with Crippen LogP contribution in [0.2, 0.25) is 0 Å². The van der Waals surface area contributed by atoms with Crippen LogP contribution in [0.25, 0.3) is 0 Å². The summed E-state index contributed by atoms with van der Waals surface area (Å²) in [5.41, 5.74) is 0. The van der Waals surface area contributed by atoms with Gasteiger partial charge in [0, 0.05) is 20.1 Å². The first-order valence-corrected chi connectivity index (χ1v) is 8.12. The Morgan fingerprint density at radius 2 is 2.30 bits per heavy atom. The highest BCUT2D eigenvalue weighted by molar-refractivity contribution is 8.00. The van der Waals surface area contributed by atoms with E-state index in [4.69, 9.17) is 9.26 Å². The van der Waals surface area contributed by atoms with Crippen molar-refractivity contribution in [3.8, 4) is 0 Å². The van der Waals surface area contributed by atoms with Crippen LogP contribution in [-0.4, -0.2) is 40.6 Å². The molecule has 110 valence electrons. The topological polar surface area (TPSA) is 86.0 Å². The van der Waals surface area contributed by atoms with E-state index >= 15 is 0 Å². The molecule has 0 saturated carbocycles. The van der Waals surface area contributed by atoms with Gasteiger partial charge in [0.05, 0.1) is 12.4 Å². The summed E-state index contributed by atoms with van der Waals surface area (Å²) in [5, 5.41) is 16.0. The van der Waals surface area contributed by atoms with E-state index in [0.717, 1.165) is 34.7 Å². The summed E-state index contributed by atoms with van der Waals surface area (Å²) in [7, 11) is 1.67. The van der Waals surface area contributed by atoms with Crippen molar-refractivity contribution in [3.05, 3.63) is 11.7 Å². The molecule has 0 bridgehead atoms. The normalized spacial score (nSPS) is 10.9. The standard InChI is InChI=1S/C11H17N5O2S2/c1-3-4-8-13-9(18-16-8)7-19-11-15-14-10(20-11)12-5-6-17-2/h3-7H2,1-2H3,(H,12,14). The maximum atomic E-state index is 5.17. The Morgan fingerprint density at radius 3 is 3.10 bits per heavy atom. The molecule has 2 aromatic heterocycles. The Balaban J connectivity index is 1.78. The van der Waals surface area contributed by atoms with Crippen LogP contribution in [0.3, 0.4) is 0 Å². The number of methoxy groups -OCH3 is 1. The number of ether oxygens (including phenoxy) is 1. The zero-order valence-electron chi connectivity index (χ0n) is 11.5. The largest absolute Gasteiger partial charge is 0.383 e. The third-order valence-corrected chi connectivity index (χ3v) is 4.29. The lowest BCUT2D eigenvalue weighted by molar-refractivity contribution is 0.211. The second kappa shape index (κ2) is 8.18. The van der Waals surface area contributed by atoms with Gasteiger partial charge >= 0.3 is 0 Å². The van der Waals surface area contributed by atoms with Crippen LogP contribution >= 0.6 is 23.1 Å². The van der Waals surface area contributed by atoms with Gasteiger partial charge in [0.1, 0.15) is 0 Å². The Kier molecular flexibility index (Phi) is 6.22. The lowest BCUT2D eigenvalue weighted by Crippen LogP contribution is -2.06. The molecule has 0 spiro atoms. The summed E-state index contributed by atoms with van der Waals surface area (Å²) in [4.78, 5) is 4.31.